The van der Waals surface area contributed by atoms with Gasteiger partial charge in [-0.2, -0.15) is 0 Å². The Morgan fingerprint density at radius 3 is 2.58 bits per heavy atom. The van der Waals surface area contributed by atoms with Gasteiger partial charge < -0.3 is 5.73 Å². The van der Waals surface area contributed by atoms with Gasteiger partial charge in [-0.25, -0.2) is 13.1 Å². The van der Waals surface area contributed by atoms with E-state index < -0.39 is 10.0 Å². The van der Waals surface area contributed by atoms with E-state index in [1.807, 2.05) is 13.0 Å². The predicted octanol–water partition coefficient (Wildman–Crippen LogP) is 2.44. The third kappa shape index (κ3) is 3.37. The van der Waals surface area contributed by atoms with E-state index in [-0.39, 0.29) is 6.04 Å². The molecule has 4 nitrogen and oxygen atoms in total. The molecule has 0 aliphatic heterocycles. The summed E-state index contributed by atoms with van der Waals surface area (Å²) in [6.45, 7) is 2.21. The zero-order chi connectivity index (χ0) is 14.0. The first kappa shape index (κ1) is 15.0. The first-order valence-electron chi connectivity index (χ1n) is 6.45. The van der Waals surface area contributed by atoms with Gasteiger partial charge in [0.05, 0.1) is 4.90 Å². The molecule has 1 aromatic carbocycles. The maximum Gasteiger partial charge on any atom is 0.241 e. The fraction of sp³-hybridized carbons (Fsp3) is 0.538. The van der Waals surface area contributed by atoms with Crippen LogP contribution in [0.15, 0.2) is 21.5 Å². The molecule has 0 atom stereocenters. The number of nitrogens with two attached hydrogens (primary N) is 1. The lowest BCUT2D eigenvalue weighted by Gasteiger charge is -2.15. The average molecular weight is 347 g/mol. The van der Waals surface area contributed by atoms with Crippen LogP contribution < -0.4 is 10.5 Å². The van der Waals surface area contributed by atoms with Crippen molar-refractivity contribution in [3.05, 3.63) is 27.7 Å². The second-order valence-electron chi connectivity index (χ2n) is 5.03. The Morgan fingerprint density at radius 2 is 2.00 bits per heavy atom. The number of nitrogens with one attached hydrogen (secondary N) is 1. The van der Waals surface area contributed by atoms with Crippen LogP contribution in [0.25, 0.3) is 0 Å². The van der Waals surface area contributed by atoms with Crippen molar-refractivity contribution in [3.8, 4) is 0 Å². The Labute approximate surface area is 122 Å². The third-order valence-corrected chi connectivity index (χ3v) is 6.34. The smallest absolute Gasteiger partial charge is 0.241 e. The predicted molar refractivity (Wildman–Crippen MR) is 79.3 cm³/mol. The topological polar surface area (TPSA) is 72.2 Å². The van der Waals surface area contributed by atoms with Crippen molar-refractivity contribution in [2.24, 2.45) is 5.73 Å². The lowest BCUT2D eigenvalue weighted by Crippen LogP contribution is -2.33. The molecule has 0 radical (unpaired) electrons. The molecule has 0 amide bonds. The summed E-state index contributed by atoms with van der Waals surface area (Å²) in [5, 5.41) is 0. The van der Waals surface area contributed by atoms with Crippen molar-refractivity contribution in [1.82, 2.24) is 4.72 Å². The molecule has 3 N–H and O–H groups in total. The van der Waals surface area contributed by atoms with E-state index in [4.69, 9.17) is 5.73 Å². The van der Waals surface area contributed by atoms with Gasteiger partial charge in [-0.15, -0.1) is 0 Å². The highest BCUT2D eigenvalue weighted by Gasteiger charge is 2.25. The highest BCUT2D eigenvalue weighted by molar-refractivity contribution is 9.10. The summed E-state index contributed by atoms with van der Waals surface area (Å²) < 4.78 is 28.3. The summed E-state index contributed by atoms with van der Waals surface area (Å²) in [4.78, 5) is 0.292. The standard InChI is InChI=1S/C13H19BrN2O2S/c1-9-6-10(8-15)7-12(13(9)14)19(17,18)16-11-4-2-3-5-11/h6-7,11,16H,2-5,8,15H2,1H3. The Bertz CT molecular complexity index is 566. The van der Waals surface area contributed by atoms with E-state index in [9.17, 15) is 8.42 Å². The van der Waals surface area contributed by atoms with Gasteiger partial charge in [0.15, 0.2) is 0 Å². The van der Waals surface area contributed by atoms with Crippen LogP contribution in [-0.4, -0.2) is 14.5 Å². The zero-order valence-corrected chi connectivity index (χ0v) is 13.4. The maximum atomic E-state index is 12.4. The maximum absolute atomic E-state index is 12.4. The van der Waals surface area contributed by atoms with Crippen molar-refractivity contribution in [3.63, 3.8) is 0 Å². The quantitative estimate of drug-likeness (QED) is 0.879. The summed E-state index contributed by atoms with van der Waals surface area (Å²) in [5.41, 5.74) is 7.32. The molecule has 0 heterocycles. The van der Waals surface area contributed by atoms with E-state index in [0.29, 0.717) is 15.9 Å². The number of rotatable bonds is 4. The van der Waals surface area contributed by atoms with Crippen LogP contribution in [0.2, 0.25) is 0 Å². The monoisotopic (exact) mass is 346 g/mol. The molecule has 106 valence electrons. The van der Waals surface area contributed by atoms with Crippen LogP contribution in [0.1, 0.15) is 36.8 Å². The number of sulfonamides is 1. The average Bonchev–Trinajstić information content (AvgIpc) is 2.84. The van der Waals surface area contributed by atoms with E-state index in [1.165, 1.54) is 0 Å². The van der Waals surface area contributed by atoms with E-state index >= 15 is 0 Å². The Hall–Kier alpha value is -0.430. The minimum absolute atomic E-state index is 0.0683. The molecular weight excluding hydrogens is 328 g/mol. The largest absolute Gasteiger partial charge is 0.326 e. The van der Waals surface area contributed by atoms with Gasteiger partial charge in [0, 0.05) is 17.1 Å². The molecule has 0 aromatic heterocycles. The Morgan fingerprint density at radius 1 is 1.37 bits per heavy atom. The minimum Gasteiger partial charge on any atom is -0.326 e. The Kier molecular flexibility index (Phi) is 4.66. The molecule has 0 spiro atoms. The Balaban J connectivity index is 2.36. The second kappa shape index (κ2) is 5.91. The van der Waals surface area contributed by atoms with Crippen molar-refractivity contribution in [2.75, 3.05) is 0 Å². The van der Waals surface area contributed by atoms with E-state index in [2.05, 4.69) is 20.7 Å². The fourth-order valence-corrected chi connectivity index (χ4v) is 4.82. The van der Waals surface area contributed by atoms with Crippen LogP contribution in [0.4, 0.5) is 0 Å². The first-order valence-corrected chi connectivity index (χ1v) is 8.73. The van der Waals surface area contributed by atoms with Crippen LogP contribution in [0.3, 0.4) is 0 Å². The van der Waals surface area contributed by atoms with Crippen LogP contribution in [0.5, 0.6) is 0 Å². The number of hydrogen-bond acceptors (Lipinski definition) is 3. The van der Waals surface area contributed by atoms with Gasteiger partial charge in [0.25, 0.3) is 0 Å². The minimum atomic E-state index is -3.48. The van der Waals surface area contributed by atoms with Crippen molar-refractivity contribution < 1.29 is 8.42 Å². The van der Waals surface area contributed by atoms with Crippen LogP contribution in [-0.2, 0) is 16.6 Å². The molecule has 1 aliphatic carbocycles. The second-order valence-corrected chi connectivity index (χ2v) is 7.51. The van der Waals surface area contributed by atoms with Gasteiger partial charge in [-0.1, -0.05) is 18.9 Å². The van der Waals surface area contributed by atoms with Crippen molar-refractivity contribution in [2.45, 2.75) is 50.1 Å². The van der Waals surface area contributed by atoms with Gasteiger partial charge in [-0.3, -0.25) is 0 Å². The molecule has 6 heteroatoms. The molecule has 0 saturated heterocycles. The molecule has 0 bridgehead atoms. The van der Waals surface area contributed by atoms with Gasteiger partial charge in [0.2, 0.25) is 10.0 Å². The number of hydrogen-bond donors (Lipinski definition) is 2. The van der Waals surface area contributed by atoms with Gasteiger partial charge in [-0.05, 0) is 52.9 Å². The summed E-state index contributed by atoms with van der Waals surface area (Å²) in [6, 6.07) is 3.62. The highest BCUT2D eigenvalue weighted by Crippen LogP contribution is 2.28. The lowest BCUT2D eigenvalue weighted by molar-refractivity contribution is 0.551. The van der Waals surface area contributed by atoms with Crippen LogP contribution >= 0.6 is 15.9 Å². The highest BCUT2D eigenvalue weighted by atomic mass is 79.9. The number of benzene rings is 1. The summed E-state index contributed by atoms with van der Waals surface area (Å²) >= 11 is 3.37. The summed E-state index contributed by atoms with van der Waals surface area (Å²) in [5.74, 6) is 0. The van der Waals surface area contributed by atoms with Gasteiger partial charge in [0.1, 0.15) is 0 Å². The van der Waals surface area contributed by atoms with Crippen LogP contribution in [0, 0.1) is 6.92 Å². The molecule has 1 aromatic rings. The van der Waals surface area contributed by atoms with Crippen molar-refractivity contribution >= 4 is 26.0 Å². The lowest BCUT2D eigenvalue weighted by atomic mass is 10.1. The third-order valence-electron chi connectivity index (χ3n) is 3.48. The van der Waals surface area contributed by atoms with E-state index in [1.54, 1.807) is 6.07 Å². The summed E-state index contributed by atoms with van der Waals surface area (Å²) in [7, 11) is -3.48. The SMILES string of the molecule is Cc1cc(CN)cc(S(=O)(=O)NC2CCCC2)c1Br. The number of halogens is 1. The molecule has 19 heavy (non-hydrogen) atoms. The number of aryl methyl sites for hydroxylation is 1. The molecule has 0 unspecified atom stereocenters. The molecule has 1 aliphatic rings. The molecule has 1 saturated carbocycles. The fourth-order valence-electron chi connectivity index (χ4n) is 2.45. The normalized spacial score (nSPS) is 17.0. The summed E-state index contributed by atoms with van der Waals surface area (Å²) in [6.07, 6.45) is 4.03. The zero-order valence-electron chi connectivity index (χ0n) is 10.9. The van der Waals surface area contributed by atoms with Crippen molar-refractivity contribution in [1.29, 1.82) is 0 Å². The molecular formula is C13H19BrN2O2S. The van der Waals surface area contributed by atoms with E-state index in [0.717, 1.165) is 36.8 Å². The van der Waals surface area contributed by atoms with Gasteiger partial charge >= 0.3 is 0 Å². The molecule has 1 fully saturated rings. The first-order chi connectivity index (χ1) is 8.94. The molecule has 2 rings (SSSR count).